The standard InChI is InChI=1S/C19H17N3OS/c1-13-17(16-10-6-7-11-22(16)21-13)19-20-18(14(2)24-19)23-12-15-8-4-3-5-9-15/h3-11H,12H2,1-2H3. The molecule has 5 heteroatoms. The Balaban J connectivity index is 1.66. The van der Waals surface area contributed by atoms with Crippen molar-refractivity contribution in [2.45, 2.75) is 20.5 Å². The van der Waals surface area contributed by atoms with Crippen molar-refractivity contribution < 1.29 is 4.74 Å². The number of pyridine rings is 1. The Labute approximate surface area is 144 Å². The quantitative estimate of drug-likeness (QED) is 0.545. The van der Waals surface area contributed by atoms with Crippen LogP contribution >= 0.6 is 11.3 Å². The molecule has 0 spiro atoms. The molecule has 4 nitrogen and oxygen atoms in total. The number of hydrogen-bond donors (Lipinski definition) is 0. The third-order valence-electron chi connectivity index (χ3n) is 3.90. The van der Waals surface area contributed by atoms with Crippen molar-refractivity contribution in [2.24, 2.45) is 0 Å². The molecule has 0 aliphatic heterocycles. The number of rotatable bonds is 4. The molecular formula is C19H17N3OS. The Bertz CT molecular complexity index is 988. The lowest BCUT2D eigenvalue weighted by atomic mass is 10.2. The van der Waals surface area contributed by atoms with Crippen molar-refractivity contribution in [1.29, 1.82) is 0 Å². The van der Waals surface area contributed by atoms with Crippen molar-refractivity contribution in [1.82, 2.24) is 14.6 Å². The van der Waals surface area contributed by atoms with Gasteiger partial charge in [0.25, 0.3) is 0 Å². The predicted octanol–water partition coefficient (Wildman–Crippen LogP) is 4.65. The molecule has 4 aromatic rings. The van der Waals surface area contributed by atoms with Crippen LogP contribution in [-0.4, -0.2) is 14.6 Å². The number of aryl methyl sites for hydroxylation is 2. The molecule has 0 aliphatic carbocycles. The Morgan fingerprint density at radius 3 is 2.67 bits per heavy atom. The van der Waals surface area contributed by atoms with E-state index < -0.39 is 0 Å². The summed E-state index contributed by atoms with van der Waals surface area (Å²) >= 11 is 1.65. The fraction of sp³-hybridized carbons (Fsp3) is 0.158. The highest BCUT2D eigenvalue weighted by Gasteiger charge is 2.17. The predicted molar refractivity (Wildman–Crippen MR) is 96.5 cm³/mol. The molecule has 0 amide bonds. The van der Waals surface area contributed by atoms with Gasteiger partial charge in [-0.3, -0.25) is 0 Å². The first-order valence-electron chi connectivity index (χ1n) is 7.81. The van der Waals surface area contributed by atoms with Gasteiger partial charge in [-0.05, 0) is 31.5 Å². The summed E-state index contributed by atoms with van der Waals surface area (Å²) in [6.07, 6.45) is 1.96. The molecular weight excluding hydrogens is 318 g/mol. The number of benzene rings is 1. The van der Waals surface area contributed by atoms with Crippen LogP contribution < -0.4 is 4.74 Å². The van der Waals surface area contributed by atoms with Gasteiger partial charge in [-0.1, -0.05) is 36.4 Å². The highest BCUT2D eigenvalue weighted by atomic mass is 32.1. The zero-order chi connectivity index (χ0) is 16.5. The lowest BCUT2D eigenvalue weighted by Crippen LogP contribution is -1.96. The van der Waals surface area contributed by atoms with Crippen molar-refractivity contribution >= 4 is 16.9 Å². The zero-order valence-corrected chi connectivity index (χ0v) is 14.4. The molecule has 0 aliphatic rings. The van der Waals surface area contributed by atoms with E-state index in [4.69, 9.17) is 9.72 Å². The summed E-state index contributed by atoms with van der Waals surface area (Å²) in [4.78, 5) is 5.80. The molecule has 3 heterocycles. The highest BCUT2D eigenvalue weighted by Crippen LogP contribution is 2.36. The van der Waals surface area contributed by atoms with Crippen LogP contribution in [-0.2, 0) is 6.61 Å². The largest absolute Gasteiger partial charge is 0.472 e. The second kappa shape index (κ2) is 6.09. The van der Waals surface area contributed by atoms with Gasteiger partial charge in [0.2, 0.25) is 5.88 Å². The van der Waals surface area contributed by atoms with Gasteiger partial charge in [0.1, 0.15) is 11.6 Å². The summed E-state index contributed by atoms with van der Waals surface area (Å²) in [5, 5.41) is 5.52. The first-order chi connectivity index (χ1) is 11.7. The van der Waals surface area contributed by atoms with Crippen LogP contribution in [0, 0.1) is 13.8 Å². The Morgan fingerprint density at radius 1 is 1.04 bits per heavy atom. The minimum Gasteiger partial charge on any atom is -0.472 e. The number of thiazole rings is 1. The van der Waals surface area contributed by atoms with Crippen molar-refractivity contribution in [3.8, 4) is 16.5 Å². The fourth-order valence-corrected chi connectivity index (χ4v) is 3.69. The van der Waals surface area contributed by atoms with E-state index in [1.807, 2.05) is 54.9 Å². The number of aromatic nitrogens is 3. The van der Waals surface area contributed by atoms with Crippen molar-refractivity contribution in [3.63, 3.8) is 0 Å². The summed E-state index contributed by atoms with van der Waals surface area (Å²) in [7, 11) is 0. The van der Waals surface area contributed by atoms with Crippen molar-refractivity contribution in [2.75, 3.05) is 0 Å². The maximum atomic E-state index is 5.93. The molecule has 0 N–H and O–H groups in total. The zero-order valence-electron chi connectivity index (χ0n) is 13.6. The third kappa shape index (κ3) is 2.67. The molecule has 0 radical (unpaired) electrons. The summed E-state index contributed by atoms with van der Waals surface area (Å²) in [6, 6.07) is 16.2. The second-order valence-electron chi connectivity index (χ2n) is 5.65. The van der Waals surface area contributed by atoms with Gasteiger partial charge in [-0.25, -0.2) is 9.50 Å². The van der Waals surface area contributed by atoms with Gasteiger partial charge >= 0.3 is 0 Å². The molecule has 120 valence electrons. The van der Waals surface area contributed by atoms with Gasteiger partial charge in [-0.15, -0.1) is 11.3 Å². The van der Waals surface area contributed by atoms with E-state index in [1.54, 1.807) is 11.3 Å². The van der Waals surface area contributed by atoms with Crippen LogP contribution in [0.5, 0.6) is 5.88 Å². The lowest BCUT2D eigenvalue weighted by Gasteiger charge is -2.03. The van der Waals surface area contributed by atoms with Gasteiger partial charge in [0, 0.05) is 6.20 Å². The maximum Gasteiger partial charge on any atom is 0.228 e. The van der Waals surface area contributed by atoms with Crippen LogP contribution in [0.4, 0.5) is 0 Å². The molecule has 0 fully saturated rings. The van der Waals surface area contributed by atoms with Crippen LogP contribution in [0.25, 0.3) is 16.1 Å². The Kier molecular flexibility index (Phi) is 3.78. The first kappa shape index (κ1) is 14.9. The topological polar surface area (TPSA) is 39.4 Å². The van der Waals surface area contributed by atoms with Crippen LogP contribution in [0.3, 0.4) is 0 Å². The Hall–Kier alpha value is -2.66. The van der Waals surface area contributed by atoms with Gasteiger partial charge in [0.15, 0.2) is 0 Å². The van der Waals surface area contributed by atoms with Gasteiger partial charge < -0.3 is 4.74 Å². The summed E-state index contributed by atoms with van der Waals surface area (Å²) in [6.45, 7) is 4.59. The smallest absolute Gasteiger partial charge is 0.228 e. The summed E-state index contributed by atoms with van der Waals surface area (Å²) < 4.78 is 7.82. The maximum absolute atomic E-state index is 5.93. The van der Waals surface area contributed by atoms with Crippen molar-refractivity contribution in [3.05, 3.63) is 70.9 Å². The summed E-state index contributed by atoms with van der Waals surface area (Å²) in [5.74, 6) is 0.702. The van der Waals surface area contributed by atoms with E-state index in [0.717, 1.165) is 32.2 Å². The molecule has 4 rings (SSSR count). The van der Waals surface area contributed by atoms with E-state index >= 15 is 0 Å². The normalized spacial score (nSPS) is 11.1. The van der Waals surface area contributed by atoms with Crippen LogP contribution in [0.2, 0.25) is 0 Å². The number of hydrogen-bond acceptors (Lipinski definition) is 4. The molecule has 3 aromatic heterocycles. The SMILES string of the molecule is Cc1nn2ccccc2c1-c1nc(OCc2ccccc2)c(C)s1. The molecule has 0 bridgehead atoms. The average Bonchev–Trinajstić information content (AvgIpc) is 3.12. The fourth-order valence-electron chi connectivity index (χ4n) is 2.73. The van der Waals surface area contributed by atoms with E-state index in [0.29, 0.717) is 12.5 Å². The average molecular weight is 335 g/mol. The molecule has 0 atom stereocenters. The van der Waals surface area contributed by atoms with Crippen LogP contribution in [0.15, 0.2) is 54.7 Å². The number of fused-ring (bicyclic) bond motifs is 1. The minimum atomic E-state index is 0.526. The van der Waals surface area contributed by atoms with Gasteiger partial charge in [-0.2, -0.15) is 5.10 Å². The third-order valence-corrected chi connectivity index (χ3v) is 4.87. The Morgan fingerprint density at radius 2 is 1.83 bits per heavy atom. The first-order valence-corrected chi connectivity index (χ1v) is 8.62. The monoisotopic (exact) mass is 335 g/mol. The van der Waals surface area contributed by atoms with E-state index in [-0.39, 0.29) is 0 Å². The number of nitrogens with zero attached hydrogens (tertiary/aromatic N) is 3. The van der Waals surface area contributed by atoms with E-state index in [1.165, 1.54) is 0 Å². The minimum absolute atomic E-state index is 0.526. The van der Waals surface area contributed by atoms with Gasteiger partial charge in [0.05, 0.1) is 21.7 Å². The highest BCUT2D eigenvalue weighted by molar-refractivity contribution is 7.15. The van der Waals surface area contributed by atoms with Crippen LogP contribution in [0.1, 0.15) is 16.1 Å². The summed E-state index contributed by atoms with van der Waals surface area (Å²) in [5.41, 5.74) is 4.26. The molecule has 0 saturated heterocycles. The van der Waals surface area contributed by atoms with E-state index in [2.05, 4.69) is 23.3 Å². The molecule has 24 heavy (non-hydrogen) atoms. The molecule has 0 unspecified atom stereocenters. The molecule has 1 aromatic carbocycles. The second-order valence-corrected chi connectivity index (χ2v) is 6.85. The van der Waals surface area contributed by atoms with E-state index in [9.17, 15) is 0 Å². The molecule has 0 saturated carbocycles. The number of ether oxygens (including phenoxy) is 1. The lowest BCUT2D eigenvalue weighted by molar-refractivity contribution is 0.294.